The molecule has 1 fully saturated rings. The van der Waals surface area contributed by atoms with Crippen LogP contribution in [0.25, 0.3) is 0 Å². The second-order valence-corrected chi connectivity index (χ2v) is 13.5. The van der Waals surface area contributed by atoms with E-state index in [1.807, 2.05) is 20.8 Å². The third-order valence-electron chi connectivity index (χ3n) is 8.09. The van der Waals surface area contributed by atoms with Crippen molar-refractivity contribution in [1.29, 1.82) is 0 Å². The number of benzene rings is 2. The first kappa shape index (κ1) is 34.8. The maximum absolute atomic E-state index is 16.4. The molecule has 0 aromatic heterocycles. The van der Waals surface area contributed by atoms with Gasteiger partial charge in [-0.1, -0.05) is 65.8 Å². The number of carbonyl (C=O) groups excluding carboxylic acids is 1. The number of alkyl halides is 8. The molecule has 0 aliphatic carbocycles. The predicted octanol–water partition coefficient (Wildman–Crippen LogP) is 9.81. The Kier molecular flexibility index (Phi) is 9.44. The summed E-state index contributed by atoms with van der Waals surface area (Å²) < 4.78 is 119. The topological polar surface area (TPSA) is 29.5 Å². The molecule has 0 radical (unpaired) electrons. The van der Waals surface area contributed by atoms with Crippen LogP contribution in [0.2, 0.25) is 0 Å². The monoisotopic (exact) mass is 621 g/mol. The quantitative estimate of drug-likeness (QED) is 0.238. The number of nitrogens with zero attached hydrogens (tertiary/aromatic N) is 1. The van der Waals surface area contributed by atoms with Gasteiger partial charge in [0.25, 0.3) is 5.92 Å². The maximum atomic E-state index is 16.4. The van der Waals surface area contributed by atoms with E-state index in [-0.39, 0.29) is 23.1 Å². The van der Waals surface area contributed by atoms with Gasteiger partial charge in [0.2, 0.25) is 0 Å². The lowest BCUT2D eigenvalue weighted by atomic mass is 9.60. The number of piperidine rings is 1. The van der Waals surface area contributed by atoms with Crippen LogP contribution >= 0.6 is 0 Å². The largest absolute Gasteiger partial charge is 0.454 e. The van der Waals surface area contributed by atoms with Gasteiger partial charge in [-0.2, -0.15) is 26.3 Å². The van der Waals surface area contributed by atoms with Gasteiger partial charge in [0.1, 0.15) is 0 Å². The zero-order valence-corrected chi connectivity index (χ0v) is 25.4. The molecule has 0 N–H and O–H groups in total. The highest BCUT2D eigenvalue weighted by Crippen LogP contribution is 2.60. The second-order valence-electron chi connectivity index (χ2n) is 13.5. The van der Waals surface area contributed by atoms with E-state index >= 15 is 8.78 Å². The summed E-state index contributed by atoms with van der Waals surface area (Å²) in [5.74, 6) is -4.71. The molecule has 0 spiro atoms. The van der Waals surface area contributed by atoms with Gasteiger partial charge in [0.15, 0.2) is 6.10 Å². The van der Waals surface area contributed by atoms with Crippen molar-refractivity contribution < 1.29 is 44.7 Å². The minimum atomic E-state index is -4.69. The van der Waals surface area contributed by atoms with Crippen molar-refractivity contribution in [2.24, 2.45) is 10.8 Å². The molecule has 1 saturated heterocycles. The third kappa shape index (κ3) is 7.35. The number of hydrogen-bond donors (Lipinski definition) is 0. The number of ether oxygens (including phenoxy) is 1. The molecule has 11 heteroatoms. The van der Waals surface area contributed by atoms with Gasteiger partial charge in [0, 0.05) is 19.4 Å². The predicted molar refractivity (Wildman–Crippen MR) is 147 cm³/mol. The van der Waals surface area contributed by atoms with E-state index in [2.05, 4.69) is 0 Å². The van der Waals surface area contributed by atoms with Crippen molar-refractivity contribution in [2.75, 3.05) is 6.54 Å². The number of rotatable bonds is 6. The summed E-state index contributed by atoms with van der Waals surface area (Å²) in [5, 5.41) is 0. The molecule has 3 unspecified atom stereocenters. The van der Waals surface area contributed by atoms with Crippen molar-refractivity contribution in [3.05, 3.63) is 70.8 Å². The van der Waals surface area contributed by atoms with Crippen LogP contribution in [0.5, 0.6) is 0 Å². The molecule has 3 atom stereocenters. The maximum Gasteiger partial charge on any atom is 0.416 e. The Hall–Kier alpha value is -2.69. The molecule has 0 bridgehead atoms. The minimum Gasteiger partial charge on any atom is -0.454 e. The van der Waals surface area contributed by atoms with Crippen LogP contribution in [-0.2, 0) is 27.4 Å². The van der Waals surface area contributed by atoms with Gasteiger partial charge in [-0.15, -0.1) is 0 Å². The molecular weight excluding hydrogens is 582 g/mol. The average Bonchev–Trinajstić information content (AvgIpc) is 2.83. The number of halogens is 8. The normalized spacial score (nSPS) is 23.7. The Morgan fingerprint density at radius 3 is 1.70 bits per heavy atom. The van der Waals surface area contributed by atoms with Gasteiger partial charge < -0.3 is 4.74 Å². The van der Waals surface area contributed by atoms with E-state index in [9.17, 15) is 31.1 Å². The molecule has 0 amide bonds. The van der Waals surface area contributed by atoms with Gasteiger partial charge >= 0.3 is 18.3 Å². The Bertz CT molecular complexity index is 1260. The second kappa shape index (κ2) is 11.7. The Labute approximate surface area is 247 Å². The first-order valence-electron chi connectivity index (χ1n) is 14.1. The summed E-state index contributed by atoms with van der Waals surface area (Å²) in [6.45, 7) is 12.1. The average molecular weight is 622 g/mol. The van der Waals surface area contributed by atoms with E-state index in [1.165, 1.54) is 0 Å². The summed E-state index contributed by atoms with van der Waals surface area (Å²) >= 11 is 0. The zero-order chi connectivity index (χ0) is 32.8. The Balaban J connectivity index is 2.38. The van der Waals surface area contributed by atoms with Crippen molar-refractivity contribution in [3.63, 3.8) is 0 Å². The molecule has 1 aliphatic rings. The molecule has 1 aliphatic heterocycles. The van der Waals surface area contributed by atoms with Gasteiger partial charge in [-0.3, -0.25) is 9.69 Å². The Morgan fingerprint density at radius 2 is 1.30 bits per heavy atom. The summed E-state index contributed by atoms with van der Waals surface area (Å²) in [5.41, 5.74) is -4.90. The number of carbonyl (C=O) groups is 1. The molecular formula is C32H39F8NO2. The fourth-order valence-electron chi connectivity index (χ4n) is 6.31. The number of hydrogen-bond acceptors (Lipinski definition) is 3. The first-order chi connectivity index (χ1) is 19.4. The van der Waals surface area contributed by atoms with Crippen molar-refractivity contribution >= 4 is 5.97 Å². The molecule has 2 aromatic carbocycles. The van der Waals surface area contributed by atoms with E-state index < -0.39 is 64.9 Å². The van der Waals surface area contributed by atoms with Gasteiger partial charge in [-0.05, 0) is 65.6 Å². The molecule has 3 rings (SSSR count). The molecule has 240 valence electrons. The fraction of sp³-hybridized carbons (Fsp3) is 0.594. The molecule has 0 saturated carbocycles. The third-order valence-corrected chi connectivity index (χ3v) is 8.09. The standard InChI is InChI=1S/C32H39F8NO2/c1-20(42)43-26-29(33,34)19-25(21-9-11-23(12-10-21)31(35,36)37)41(18-8-17-27(2,3)4)30(26,28(5,6)7)22-13-15-24(16-14-22)32(38,39)40/h9-16,25-26H,8,17-19H2,1-7H3. The van der Waals surface area contributed by atoms with Crippen LogP contribution < -0.4 is 0 Å². The van der Waals surface area contributed by atoms with Crippen LogP contribution in [0, 0.1) is 10.8 Å². The number of esters is 1. The lowest BCUT2D eigenvalue weighted by Gasteiger charge is -2.62. The highest BCUT2D eigenvalue weighted by Gasteiger charge is 2.68. The fourth-order valence-corrected chi connectivity index (χ4v) is 6.31. The van der Waals surface area contributed by atoms with E-state index in [4.69, 9.17) is 4.74 Å². The smallest absolute Gasteiger partial charge is 0.416 e. The van der Waals surface area contributed by atoms with E-state index in [0.717, 1.165) is 55.5 Å². The SMILES string of the molecule is CC(=O)OC1C(F)(F)CC(c2ccc(C(F)(F)F)cc2)N(CCCC(C)(C)C)C1(c1ccc(C(F)(F)F)cc1)C(C)(C)C. The summed E-state index contributed by atoms with van der Waals surface area (Å²) in [4.78, 5) is 14.1. The van der Waals surface area contributed by atoms with Crippen molar-refractivity contribution in [2.45, 2.75) is 104 Å². The van der Waals surface area contributed by atoms with Crippen LogP contribution in [0.3, 0.4) is 0 Å². The summed E-state index contributed by atoms with van der Waals surface area (Å²) in [7, 11) is 0. The van der Waals surface area contributed by atoms with Gasteiger partial charge in [-0.25, -0.2) is 8.78 Å². The van der Waals surface area contributed by atoms with Crippen LogP contribution in [0.1, 0.15) is 96.0 Å². The zero-order valence-electron chi connectivity index (χ0n) is 25.4. The molecule has 1 heterocycles. The lowest BCUT2D eigenvalue weighted by molar-refractivity contribution is -0.266. The van der Waals surface area contributed by atoms with Crippen LogP contribution in [0.4, 0.5) is 35.1 Å². The molecule has 3 nitrogen and oxygen atoms in total. The number of likely N-dealkylation sites (tertiary alicyclic amines) is 1. The lowest BCUT2D eigenvalue weighted by Crippen LogP contribution is -2.71. The summed E-state index contributed by atoms with van der Waals surface area (Å²) in [6.07, 6.45) is -11.2. The summed E-state index contributed by atoms with van der Waals surface area (Å²) in [6, 6.07) is 6.69. The van der Waals surface area contributed by atoms with Gasteiger partial charge in [0.05, 0.1) is 16.7 Å². The van der Waals surface area contributed by atoms with Crippen LogP contribution in [0.15, 0.2) is 48.5 Å². The van der Waals surface area contributed by atoms with Crippen molar-refractivity contribution in [1.82, 2.24) is 4.90 Å². The van der Waals surface area contributed by atoms with Crippen molar-refractivity contribution in [3.8, 4) is 0 Å². The highest BCUT2D eigenvalue weighted by molar-refractivity contribution is 5.66. The first-order valence-corrected chi connectivity index (χ1v) is 14.1. The molecule has 43 heavy (non-hydrogen) atoms. The minimum absolute atomic E-state index is 0.0753. The Morgan fingerprint density at radius 1 is 0.837 bits per heavy atom. The van der Waals surface area contributed by atoms with E-state index in [0.29, 0.717) is 12.8 Å². The highest BCUT2D eigenvalue weighted by atomic mass is 19.4. The molecule has 2 aromatic rings. The van der Waals surface area contributed by atoms with E-state index in [1.54, 1.807) is 25.7 Å². The van der Waals surface area contributed by atoms with Crippen LogP contribution in [-0.4, -0.2) is 29.4 Å².